The number of rotatable bonds is 5. The van der Waals surface area contributed by atoms with Crippen LogP contribution >= 0.6 is 0 Å². The van der Waals surface area contributed by atoms with Crippen LogP contribution in [0, 0.1) is 0 Å². The molecule has 0 unspecified atom stereocenters. The Labute approximate surface area is 90.6 Å². The van der Waals surface area contributed by atoms with Gasteiger partial charge in [0.1, 0.15) is 0 Å². The van der Waals surface area contributed by atoms with E-state index in [2.05, 4.69) is 6.92 Å². The first kappa shape index (κ1) is 16.1. The summed E-state index contributed by atoms with van der Waals surface area (Å²) in [7, 11) is 0. The Morgan fingerprint density at radius 2 is 1.67 bits per heavy atom. The zero-order valence-electron chi connectivity index (χ0n) is 9.62. The van der Waals surface area contributed by atoms with Crippen LogP contribution in [0.5, 0.6) is 0 Å². The number of allylic oxidation sites excluding steroid dienone is 1. The molecule has 0 heterocycles. The molecule has 4 nitrogen and oxygen atoms in total. The lowest BCUT2D eigenvalue weighted by Gasteiger charge is -1.99. The highest BCUT2D eigenvalue weighted by Gasteiger charge is 2.03. The normalized spacial score (nSPS) is 10.2. The Balaban J connectivity index is 0. The van der Waals surface area contributed by atoms with Crippen molar-refractivity contribution < 1.29 is 19.8 Å². The summed E-state index contributed by atoms with van der Waals surface area (Å²) in [6, 6.07) is 0. The summed E-state index contributed by atoms with van der Waals surface area (Å²) in [5.74, 6) is -1.61. The summed E-state index contributed by atoms with van der Waals surface area (Å²) < 4.78 is 0. The van der Waals surface area contributed by atoms with E-state index in [1.54, 1.807) is 13.0 Å². The predicted octanol–water partition coefficient (Wildman–Crippen LogP) is 2.69. The molecule has 0 aromatic heterocycles. The third-order valence-electron chi connectivity index (χ3n) is 1.67. The molecule has 15 heavy (non-hydrogen) atoms. The Bertz CT molecular complexity index is 215. The average molecular weight is 216 g/mol. The van der Waals surface area contributed by atoms with Crippen molar-refractivity contribution in [3.8, 4) is 0 Å². The maximum atomic E-state index is 10.5. The molecule has 0 rings (SSSR count). The summed E-state index contributed by atoms with van der Waals surface area (Å²) >= 11 is 0. The predicted molar refractivity (Wildman–Crippen MR) is 58.8 cm³/mol. The number of unbranched alkanes of at least 4 members (excludes halogenated alkanes) is 2. The number of carboxylic acids is 2. The molecule has 0 fully saturated rings. The van der Waals surface area contributed by atoms with Crippen LogP contribution in [0.2, 0.25) is 0 Å². The highest BCUT2D eigenvalue weighted by atomic mass is 16.4. The molecular formula is C11H20O4. The zero-order valence-corrected chi connectivity index (χ0v) is 9.62. The van der Waals surface area contributed by atoms with Gasteiger partial charge in [0.15, 0.2) is 0 Å². The maximum absolute atomic E-state index is 10.5. The van der Waals surface area contributed by atoms with E-state index < -0.39 is 11.9 Å². The van der Waals surface area contributed by atoms with Crippen LogP contribution in [0.15, 0.2) is 11.6 Å². The smallest absolute Gasteiger partial charge is 0.331 e. The molecular weight excluding hydrogens is 196 g/mol. The quantitative estimate of drug-likeness (QED) is 0.547. The van der Waals surface area contributed by atoms with E-state index in [9.17, 15) is 4.79 Å². The molecule has 0 saturated carbocycles. The van der Waals surface area contributed by atoms with Crippen LogP contribution in [-0.4, -0.2) is 22.2 Å². The van der Waals surface area contributed by atoms with Crippen molar-refractivity contribution in [1.29, 1.82) is 0 Å². The summed E-state index contributed by atoms with van der Waals surface area (Å²) in [5, 5.41) is 16.0. The lowest BCUT2D eigenvalue weighted by molar-refractivity contribution is -0.134. The number of hydrogen-bond donors (Lipinski definition) is 2. The van der Waals surface area contributed by atoms with Gasteiger partial charge in [-0.2, -0.15) is 0 Å². The Morgan fingerprint density at radius 1 is 1.20 bits per heavy atom. The van der Waals surface area contributed by atoms with Gasteiger partial charge in [-0.3, -0.25) is 4.79 Å². The van der Waals surface area contributed by atoms with E-state index in [0.717, 1.165) is 26.2 Å². The molecule has 88 valence electrons. The molecule has 0 aliphatic rings. The van der Waals surface area contributed by atoms with Crippen molar-refractivity contribution in [2.75, 3.05) is 0 Å². The average Bonchev–Trinajstić information content (AvgIpc) is 2.11. The summed E-state index contributed by atoms with van der Waals surface area (Å²) in [6.07, 6.45) is 5.63. The van der Waals surface area contributed by atoms with Gasteiger partial charge in [-0.05, 0) is 19.8 Å². The third-order valence-corrected chi connectivity index (χ3v) is 1.67. The van der Waals surface area contributed by atoms with Gasteiger partial charge in [-0.1, -0.05) is 25.8 Å². The fourth-order valence-electron chi connectivity index (χ4n) is 0.940. The van der Waals surface area contributed by atoms with Crippen molar-refractivity contribution >= 4 is 11.9 Å². The molecule has 4 heteroatoms. The summed E-state index contributed by atoms with van der Waals surface area (Å²) in [5.41, 5.74) is 0.540. The van der Waals surface area contributed by atoms with Gasteiger partial charge in [-0.15, -0.1) is 0 Å². The number of carbonyl (C=O) groups is 2. The molecule has 0 aromatic rings. The fourth-order valence-corrected chi connectivity index (χ4v) is 0.940. The third kappa shape index (κ3) is 15.4. The van der Waals surface area contributed by atoms with Gasteiger partial charge in [0.25, 0.3) is 5.97 Å². The summed E-state index contributed by atoms with van der Waals surface area (Å²) in [4.78, 5) is 19.5. The lowest BCUT2D eigenvalue weighted by atomic mass is 10.1. The largest absolute Gasteiger partial charge is 0.481 e. The Kier molecular flexibility index (Phi) is 11.6. The first-order valence-electron chi connectivity index (χ1n) is 5.03. The standard InChI is InChI=1S/C9H16O2.C2H4O2/c1-3-5-6-7-8(4-2)9(10)11;1-2(3)4/h4H,3,5-7H2,1-2H3,(H,10,11);1H3,(H,3,4)/b8-4-;. The Hall–Kier alpha value is -1.32. The zero-order chi connectivity index (χ0) is 12.3. The van der Waals surface area contributed by atoms with Gasteiger partial charge < -0.3 is 10.2 Å². The highest BCUT2D eigenvalue weighted by molar-refractivity contribution is 5.86. The second kappa shape index (κ2) is 10.8. The van der Waals surface area contributed by atoms with Crippen LogP contribution < -0.4 is 0 Å². The van der Waals surface area contributed by atoms with E-state index in [4.69, 9.17) is 15.0 Å². The molecule has 0 amide bonds. The van der Waals surface area contributed by atoms with Crippen molar-refractivity contribution in [1.82, 2.24) is 0 Å². The van der Waals surface area contributed by atoms with Crippen molar-refractivity contribution in [2.45, 2.75) is 46.5 Å². The van der Waals surface area contributed by atoms with Gasteiger partial charge in [-0.25, -0.2) is 4.79 Å². The van der Waals surface area contributed by atoms with Crippen LogP contribution in [0.3, 0.4) is 0 Å². The minimum Gasteiger partial charge on any atom is -0.481 e. The van der Waals surface area contributed by atoms with Gasteiger partial charge >= 0.3 is 5.97 Å². The molecule has 0 bridgehead atoms. The Morgan fingerprint density at radius 3 is 1.93 bits per heavy atom. The molecule has 0 spiro atoms. The van der Waals surface area contributed by atoms with E-state index in [1.807, 2.05) is 0 Å². The SMILES string of the molecule is C/C=C(/CCCCC)C(=O)O.CC(=O)O. The molecule has 0 saturated heterocycles. The summed E-state index contributed by atoms with van der Waals surface area (Å²) in [6.45, 7) is 4.96. The molecule has 0 aliphatic carbocycles. The van der Waals surface area contributed by atoms with Gasteiger partial charge in [0, 0.05) is 12.5 Å². The van der Waals surface area contributed by atoms with E-state index in [1.165, 1.54) is 0 Å². The molecule has 2 N–H and O–H groups in total. The molecule has 0 aromatic carbocycles. The first-order valence-corrected chi connectivity index (χ1v) is 5.03. The fraction of sp³-hybridized carbons (Fsp3) is 0.636. The van der Waals surface area contributed by atoms with Gasteiger partial charge in [0.2, 0.25) is 0 Å². The van der Waals surface area contributed by atoms with E-state index in [0.29, 0.717) is 12.0 Å². The highest BCUT2D eigenvalue weighted by Crippen LogP contribution is 2.08. The van der Waals surface area contributed by atoms with Crippen LogP contribution in [0.4, 0.5) is 0 Å². The van der Waals surface area contributed by atoms with Crippen molar-refractivity contribution in [3.05, 3.63) is 11.6 Å². The van der Waals surface area contributed by atoms with E-state index in [-0.39, 0.29) is 0 Å². The van der Waals surface area contributed by atoms with Crippen molar-refractivity contribution in [2.24, 2.45) is 0 Å². The second-order valence-electron chi connectivity index (χ2n) is 3.10. The monoisotopic (exact) mass is 216 g/mol. The molecule has 0 atom stereocenters. The van der Waals surface area contributed by atoms with Crippen LogP contribution in [0.25, 0.3) is 0 Å². The van der Waals surface area contributed by atoms with Crippen LogP contribution in [0.1, 0.15) is 46.5 Å². The van der Waals surface area contributed by atoms with Gasteiger partial charge in [0.05, 0.1) is 0 Å². The maximum Gasteiger partial charge on any atom is 0.331 e. The number of aliphatic carboxylic acids is 2. The minimum atomic E-state index is -0.833. The number of carboxylic acid groups (broad SMARTS) is 2. The first-order chi connectivity index (χ1) is 6.95. The van der Waals surface area contributed by atoms with Crippen LogP contribution in [-0.2, 0) is 9.59 Å². The molecule has 0 radical (unpaired) electrons. The second-order valence-corrected chi connectivity index (χ2v) is 3.10. The lowest BCUT2D eigenvalue weighted by Crippen LogP contribution is -1.99. The topological polar surface area (TPSA) is 74.6 Å². The van der Waals surface area contributed by atoms with Crippen molar-refractivity contribution in [3.63, 3.8) is 0 Å². The minimum absolute atomic E-state index is 0.540. The number of hydrogen-bond acceptors (Lipinski definition) is 2. The molecule has 0 aliphatic heterocycles. The van der Waals surface area contributed by atoms with E-state index >= 15 is 0 Å².